The molecule has 7 heteroatoms. The van der Waals surface area contributed by atoms with Crippen LogP contribution in [-0.2, 0) is 6.42 Å². The van der Waals surface area contributed by atoms with E-state index in [1.165, 1.54) is 0 Å². The van der Waals surface area contributed by atoms with E-state index in [1.807, 2.05) is 30.0 Å². The Labute approximate surface area is 157 Å². The van der Waals surface area contributed by atoms with Gasteiger partial charge in [0.1, 0.15) is 0 Å². The van der Waals surface area contributed by atoms with Crippen molar-refractivity contribution >= 4 is 5.91 Å². The van der Waals surface area contributed by atoms with Crippen LogP contribution >= 0.6 is 0 Å². The van der Waals surface area contributed by atoms with Crippen LogP contribution in [0.5, 0.6) is 0 Å². The predicted octanol–water partition coefficient (Wildman–Crippen LogP) is 3.07. The summed E-state index contributed by atoms with van der Waals surface area (Å²) in [6.45, 7) is 2.73. The van der Waals surface area contributed by atoms with Gasteiger partial charge in [-0.2, -0.15) is 4.98 Å². The number of hydrogen-bond donors (Lipinski definition) is 0. The van der Waals surface area contributed by atoms with Gasteiger partial charge in [0.05, 0.1) is 11.1 Å². The molecular formula is C20H21N5O2. The molecule has 0 aromatic carbocycles. The van der Waals surface area contributed by atoms with Crippen LogP contribution in [-0.4, -0.2) is 43.5 Å². The minimum Gasteiger partial charge on any atom is -0.336 e. The van der Waals surface area contributed by atoms with Crippen molar-refractivity contribution in [3.05, 3.63) is 59.9 Å². The Morgan fingerprint density at radius 2 is 2.22 bits per heavy atom. The van der Waals surface area contributed by atoms with Crippen molar-refractivity contribution in [1.82, 2.24) is 25.0 Å². The molecule has 0 N–H and O–H groups in total. The first-order valence-corrected chi connectivity index (χ1v) is 9.16. The first-order valence-electron chi connectivity index (χ1n) is 9.16. The number of pyridine rings is 2. The lowest BCUT2D eigenvalue weighted by Crippen LogP contribution is -2.36. The average Bonchev–Trinajstić information content (AvgIpc) is 3.36. The van der Waals surface area contributed by atoms with Crippen molar-refractivity contribution in [2.45, 2.75) is 38.6 Å². The van der Waals surface area contributed by atoms with E-state index in [9.17, 15) is 4.79 Å². The highest BCUT2D eigenvalue weighted by molar-refractivity contribution is 5.94. The molecule has 0 bridgehead atoms. The van der Waals surface area contributed by atoms with E-state index in [1.54, 1.807) is 24.8 Å². The maximum absolute atomic E-state index is 12.8. The van der Waals surface area contributed by atoms with Crippen LogP contribution in [0.3, 0.4) is 0 Å². The Morgan fingerprint density at radius 1 is 1.30 bits per heavy atom. The summed E-state index contributed by atoms with van der Waals surface area (Å²) >= 11 is 0. The minimum absolute atomic E-state index is 0.0536. The fourth-order valence-electron chi connectivity index (χ4n) is 3.50. The number of nitrogens with zero attached hydrogens (tertiary/aromatic N) is 5. The van der Waals surface area contributed by atoms with Crippen LogP contribution in [0.15, 0.2) is 47.5 Å². The largest absolute Gasteiger partial charge is 0.336 e. The molecule has 0 spiro atoms. The first-order chi connectivity index (χ1) is 13.2. The van der Waals surface area contributed by atoms with Gasteiger partial charge in [0, 0.05) is 43.8 Å². The van der Waals surface area contributed by atoms with Crippen LogP contribution in [0, 0.1) is 6.92 Å². The molecule has 0 radical (unpaired) electrons. The van der Waals surface area contributed by atoms with Crippen molar-refractivity contribution in [2.75, 3.05) is 6.54 Å². The highest BCUT2D eigenvalue weighted by Gasteiger charge is 2.29. The molecule has 0 saturated carbocycles. The van der Waals surface area contributed by atoms with Crippen molar-refractivity contribution in [1.29, 1.82) is 0 Å². The molecule has 3 aromatic heterocycles. The second-order valence-electron chi connectivity index (χ2n) is 6.84. The zero-order valence-corrected chi connectivity index (χ0v) is 15.2. The summed E-state index contributed by atoms with van der Waals surface area (Å²) in [5, 5.41) is 4.07. The molecular weight excluding hydrogens is 342 g/mol. The third kappa shape index (κ3) is 3.86. The number of amides is 1. The van der Waals surface area contributed by atoms with E-state index in [0.717, 1.165) is 36.9 Å². The smallest absolute Gasteiger partial charge is 0.259 e. The van der Waals surface area contributed by atoms with E-state index in [2.05, 4.69) is 20.1 Å². The molecule has 1 fully saturated rings. The van der Waals surface area contributed by atoms with Crippen LogP contribution in [0.2, 0.25) is 0 Å². The number of aromatic nitrogens is 4. The zero-order valence-electron chi connectivity index (χ0n) is 15.2. The molecule has 4 heterocycles. The van der Waals surface area contributed by atoms with Gasteiger partial charge < -0.3 is 9.42 Å². The number of carbonyl (C=O) groups excluding carboxylic acids is 1. The molecule has 1 saturated heterocycles. The molecule has 1 amide bonds. The maximum Gasteiger partial charge on any atom is 0.259 e. The molecule has 4 rings (SSSR count). The highest BCUT2D eigenvalue weighted by Crippen LogP contribution is 2.24. The van der Waals surface area contributed by atoms with E-state index in [-0.39, 0.29) is 11.9 Å². The van der Waals surface area contributed by atoms with Gasteiger partial charge in [-0.25, -0.2) is 0 Å². The van der Waals surface area contributed by atoms with Gasteiger partial charge in [0.25, 0.3) is 11.8 Å². The molecule has 27 heavy (non-hydrogen) atoms. The molecule has 1 atom stereocenters. The molecule has 1 unspecified atom stereocenters. The van der Waals surface area contributed by atoms with E-state index < -0.39 is 0 Å². The number of aryl methyl sites for hydroxylation is 2. The lowest BCUT2D eigenvalue weighted by Gasteiger charge is -2.24. The Kier molecular flexibility index (Phi) is 4.91. The summed E-state index contributed by atoms with van der Waals surface area (Å²) in [4.78, 5) is 27.5. The molecule has 0 aliphatic carbocycles. The number of hydrogen-bond acceptors (Lipinski definition) is 6. The summed E-state index contributed by atoms with van der Waals surface area (Å²) in [6.07, 6.45) is 10.3. The monoisotopic (exact) mass is 363 g/mol. The summed E-state index contributed by atoms with van der Waals surface area (Å²) < 4.78 is 5.33. The standard InChI is InChI=1S/C20H21N5O2/c1-14-10-16(13-22-11-14)20(26)25-9-3-5-17(25)6-7-18-23-19(27-24-18)15-4-2-8-21-12-15/h2,4,8,10-13,17H,3,5-7,9H2,1H3. The topological polar surface area (TPSA) is 85.0 Å². The van der Waals surface area contributed by atoms with Crippen molar-refractivity contribution in [3.63, 3.8) is 0 Å². The quantitative estimate of drug-likeness (QED) is 0.692. The minimum atomic E-state index is 0.0536. The van der Waals surface area contributed by atoms with Crippen LogP contribution in [0.1, 0.15) is 41.0 Å². The number of carbonyl (C=O) groups is 1. The average molecular weight is 363 g/mol. The molecule has 1 aliphatic rings. The lowest BCUT2D eigenvalue weighted by molar-refractivity contribution is 0.0729. The summed E-state index contributed by atoms with van der Waals surface area (Å²) in [5.41, 5.74) is 2.45. The molecule has 7 nitrogen and oxygen atoms in total. The van der Waals surface area contributed by atoms with Crippen molar-refractivity contribution < 1.29 is 9.32 Å². The third-order valence-electron chi connectivity index (χ3n) is 4.84. The van der Waals surface area contributed by atoms with Gasteiger partial charge >= 0.3 is 0 Å². The fraction of sp³-hybridized carbons (Fsp3) is 0.350. The SMILES string of the molecule is Cc1cncc(C(=O)N2CCCC2CCc2noc(-c3cccnc3)n2)c1. The lowest BCUT2D eigenvalue weighted by atomic mass is 10.1. The Hall–Kier alpha value is -3.09. The second-order valence-corrected chi connectivity index (χ2v) is 6.84. The van der Waals surface area contributed by atoms with Gasteiger partial charge in [0.2, 0.25) is 0 Å². The maximum atomic E-state index is 12.8. The number of likely N-dealkylation sites (tertiary alicyclic amines) is 1. The predicted molar refractivity (Wildman–Crippen MR) is 98.9 cm³/mol. The van der Waals surface area contributed by atoms with Gasteiger partial charge in [-0.1, -0.05) is 5.16 Å². The molecule has 3 aromatic rings. The van der Waals surface area contributed by atoms with E-state index in [0.29, 0.717) is 23.7 Å². The van der Waals surface area contributed by atoms with E-state index in [4.69, 9.17) is 4.52 Å². The Balaban J connectivity index is 1.40. The highest BCUT2D eigenvalue weighted by atomic mass is 16.5. The fourth-order valence-corrected chi connectivity index (χ4v) is 3.50. The molecule has 1 aliphatic heterocycles. The second kappa shape index (κ2) is 7.65. The van der Waals surface area contributed by atoms with Gasteiger partial charge in [-0.15, -0.1) is 0 Å². The van der Waals surface area contributed by atoms with Gasteiger partial charge in [-0.3, -0.25) is 14.8 Å². The van der Waals surface area contributed by atoms with Gasteiger partial charge in [0.15, 0.2) is 5.82 Å². The van der Waals surface area contributed by atoms with E-state index >= 15 is 0 Å². The molecule has 138 valence electrons. The summed E-state index contributed by atoms with van der Waals surface area (Å²) in [7, 11) is 0. The van der Waals surface area contributed by atoms with Crippen LogP contribution in [0.4, 0.5) is 0 Å². The number of rotatable bonds is 5. The summed E-state index contributed by atoms with van der Waals surface area (Å²) in [6, 6.07) is 5.81. The van der Waals surface area contributed by atoms with Crippen LogP contribution in [0.25, 0.3) is 11.5 Å². The Morgan fingerprint density at radius 3 is 3.04 bits per heavy atom. The van der Waals surface area contributed by atoms with Crippen molar-refractivity contribution in [2.24, 2.45) is 0 Å². The van der Waals surface area contributed by atoms with Gasteiger partial charge in [-0.05, 0) is 49.9 Å². The normalized spacial score (nSPS) is 16.6. The van der Waals surface area contributed by atoms with Crippen LogP contribution < -0.4 is 0 Å². The zero-order chi connectivity index (χ0) is 18.6. The van der Waals surface area contributed by atoms with Crippen molar-refractivity contribution in [3.8, 4) is 11.5 Å². The summed E-state index contributed by atoms with van der Waals surface area (Å²) in [5.74, 6) is 1.19. The Bertz CT molecular complexity index is 925. The third-order valence-corrected chi connectivity index (χ3v) is 4.84. The first kappa shape index (κ1) is 17.3.